The Balaban J connectivity index is 2.22. The lowest BCUT2D eigenvalue weighted by molar-refractivity contribution is 0.917. The van der Waals surface area contributed by atoms with Gasteiger partial charge in [0.15, 0.2) is 0 Å². The summed E-state index contributed by atoms with van der Waals surface area (Å²) >= 11 is 3.83. The Morgan fingerprint density at radius 2 is 1.95 bits per heavy atom. The highest BCUT2D eigenvalue weighted by atomic mass is 79.9. The van der Waals surface area contributed by atoms with Crippen molar-refractivity contribution >= 4 is 22.0 Å². The van der Waals surface area contributed by atoms with Crippen molar-refractivity contribution < 1.29 is 0 Å². The van der Waals surface area contributed by atoms with E-state index in [2.05, 4.69) is 71.4 Å². The zero-order chi connectivity index (χ0) is 13.2. The van der Waals surface area contributed by atoms with E-state index in [1.54, 1.807) is 0 Å². The summed E-state index contributed by atoms with van der Waals surface area (Å²) in [5, 5.41) is 0. The van der Waals surface area contributed by atoms with Crippen LogP contribution in [0.25, 0.3) is 17.2 Å². The maximum Gasteiger partial charge on any atom is 0.0288 e. The van der Waals surface area contributed by atoms with Crippen LogP contribution < -0.4 is 0 Å². The van der Waals surface area contributed by atoms with Crippen LogP contribution in [0.4, 0.5) is 0 Å². The van der Waals surface area contributed by atoms with Crippen molar-refractivity contribution in [3.05, 3.63) is 63.6 Å². The van der Waals surface area contributed by atoms with Crippen molar-refractivity contribution in [3.8, 4) is 11.1 Å². The molecule has 0 radical (unpaired) electrons. The van der Waals surface area contributed by atoms with Crippen LogP contribution in [-0.2, 0) is 12.8 Å². The Labute approximate surface area is 123 Å². The van der Waals surface area contributed by atoms with Crippen LogP contribution in [0.5, 0.6) is 0 Å². The average molecular weight is 313 g/mol. The van der Waals surface area contributed by atoms with Crippen LogP contribution in [0.1, 0.15) is 30.0 Å². The van der Waals surface area contributed by atoms with Crippen molar-refractivity contribution in [2.45, 2.75) is 26.2 Å². The van der Waals surface area contributed by atoms with Crippen molar-refractivity contribution in [2.75, 3.05) is 0 Å². The fourth-order valence-corrected chi connectivity index (χ4v) is 3.58. The molecule has 96 valence electrons. The Morgan fingerprint density at radius 3 is 2.68 bits per heavy atom. The van der Waals surface area contributed by atoms with E-state index in [0.717, 1.165) is 12.8 Å². The monoisotopic (exact) mass is 312 g/mol. The molecule has 0 bridgehead atoms. The molecule has 0 unspecified atom stereocenters. The summed E-state index contributed by atoms with van der Waals surface area (Å²) in [6.07, 6.45) is 7.83. The van der Waals surface area contributed by atoms with Crippen LogP contribution in [0.3, 0.4) is 0 Å². The van der Waals surface area contributed by atoms with Crippen LogP contribution >= 0.6 is 15.9 Å². The molecule has 3 rings (SSSR count). The number of hydrogen-bond donors (Lipinski definition) is 0. The molecule has 0 heterocycles. The number of benzene rings is 2. The second-order valence-corrected chi connectivity index (χ2v) is 5.80. The molecule has 1 aliphatic rings. The normalized spacial score (nSPS) is 12.7. The second kappa shape index (κ2) is 5.34. The van der Waals surface area contributed by atoms with Gasteiger partial charge in [0.25, 0.3) is 0 Å². The number of fused-ring (bicyclic) bond motifs is 1. The zero-order valence-electron chi connectivity index (χ0n) is 11.1. The highest BCUT2D eigenvalue weighted by molar-refractivity contribution is 9.10. The maximum atomic E-state index is 3.83. The van der Waals surface area contributed by atoms with Gasteiger partial charge in [-0.15, -0.1) is 0 Å². The van der Waals surface area contributed by atoms with Crippen molar-refractivity contribution in [2.24, 2.45) is 0 Å². The van der Waals surface area contributed by atoms with Crippen molar-refractivity contribution in [3.63, 3.8) is 0 Å². The molecule has 0 nitrogen and oxygen atoms in total. The third-order valence-corrected chi connectivity index (χ3v) is 4.60. The number of rotatable bonds is 3. The lowest BCUT2D eigenvalue weighted by atomic mass is 9.92. The molecule has 0 spiro atoms. The summed E-state index contributed by atoms with van der Waals surface area (Å²) in [5.41, 5.74) is 6.96. The summed E-state index contributed by atoms with van der Waals surface area (Å²) in [6.45, 7) is 2.24. The average Bonchev–Trinajstić information content (AvgIpc) is 2.91. The van der Waals surface area contributed by atoms with Crippen LogP contribution in [0.15, 0.2) is 46.9 Å². The smallest absolute Gasteiger partial charge is 0.0288 e. The fourth-order valence-electron chi connectivity index (χ4n) is 2.78. The van der Waals surface area contributed by atoms with Gasteiger partial charge in [0.05, 0.1) is 0 Å². The zero-order valence-corrected chi connectivity index (χ0v) is 12.7. The van der Waals surface area contributed by atoms with E-state index in [9.17, 15) is 0 Å². The van der Waals surface area contributed by atoms with Gasteiger partial charge in [-0.1, -0.05) is 55.8 Å². The quantitative estimate of drug-likeness (QED) is 0.688. The highest BCUT2D eigenvalue weighted by Crippen LogP contribution is 2.38. The Hall–Kier alpha value is -1.34. The molecule has 2 aromatic rings. The van der Waals surface area contributed by atoms with Gasteiger partial charge in [0.1, 0.15) is 0 Å². The van der Waals surface area contributed by atoms with E-state index in [1.165, 1.54) is 38.7 Å². The van der Waals surface area contributed by atoms with Gasteiger partial charge < -0.3 is 0 Å². The molecule has 2 aromatic carbocycles. The predicted octanol–water partition coefficient (Wildman–Crippen LogP) is 5.64. The van der Waals surface area contributed by atoms with Gasteiger partial charge in [-0.3, -0.25) is 0 Å². The maximum absolute atomic E-state index is 3.83. The predicted molar refractivity (Wildman–Crippen MR) is 86.3 cm³/mol. The fraction of sp³-hybridized carbons (Fsp3) is 0.222. The van der Waals surface area contributed by atoms with Gasteiger partial charge >= 0.3 is 0 Å². The number of hydrogen-bond acceptors (Lipinski definition) is 0. The molecule has 19 heavy (non-hydrogen) atoms. The van der Waals surface area contributed by atoms with Gasteiger partial charge in [0, 0.05) is 4.47 Å². The minimum atomic E-state index is 1.06. The largest absolute Gasteiger partial charge is 0.0795 e. The van der Waals surface area contributed by atoms with E-state index in [0.29, 0.717) is 0 Å². The molecule has 0 saturated carbocycles. The number of allylic oxidation sites excluding steroid dienone is 1. The van der Waals surface area contributed by atoms with Gasteiger partial charge in [-0.2, -0.15) is 0 Å². The molecule has 1 heteroatoms. The summed E-state index contributed by atoms with van der Waals surface area (Å²) in [5.74, 6) is 0. The molecule has 1 aliphatic carbocycles. The molecular formula is C18H17Br. The first-order chi connectivity index (χ1) is 9.31. The van der Waals surface area contributed by atoms with Crippen LogP contribution in [0.2, 0.25) is 0 Å². The minimum Gasteiger partial charge on any atom is -0.0795 e. The van der Waals surface area contributed by atoms with Crippen LogP contribution in [0, 0.1) is 0 Å². The Bertz CT molecular complexity index is 624. The molecule has 0 fully saturated rings. The van der Waals surface area contributed by atoms with Gasteiger partial charge in [-0.05, 0) is 62.7 Å². The van der Waals surface area contributed by atoms with E-state index in [4.69, 9.17) is 0 Å². The molecule has 0 aromatic heterocycles. The topological polar surface area (TPSA) is 0 Å². The lowest BCUT2D eigenvalue weighted by Gasteiger charge is -2.15. The van der Waals surface area contributed by atoms with E-state index in [1.807, 2.05) is 0 Å². The summed E-state index contributed by atoms with van der Waals surface area (Å²) < 4.78 is 1.29. The first-order valence-electron chi connectivity index (χ1n) is 6.87. The third kappa shape index (κ3) is 2.28. The van der Waals surface area contributed by atoms with E-state index >= 15 is 0 Å². The Morgan fingerprint density at radius 1 is 1.16 bits per heavy atom. The first kappa shape index (κ1) is 12.7. The number of halogens is 1. The second-order valence-electron chi connectivity index (χ2n) is 5.01. The molecule has 0 amide bonds. The Kier molecular flexibility index (Phi) is 3.56. The molecule has 0 atom stereocenters. The molecule has 0 aliphatic heterocycles. The minimum absolute atomic E-state index is 1.06. The third-order valence-electron chi connectivity index (χ3n) is 3.70. The first-order valence-corrected chi connectivity index (χ1v) is 7.66. The molecule has 0 saturated heterocycles. The SMILES string of the molecule is CCCc1c(-c2ccccc2)cc2c(c1Br)C=CC2. The van der Waals surface area contributed by atoms with E-state index < -0.39 is 0 Å². The highest BCUT2D eigenvalue weighted by Gasteiger charge is 2.17. The summed E-state index contributed by atoms with van der Waals surface area (Å²) in [6, 6.07) is 13.1. The standard InChI is InChI=1S/C18H17Br/c1-2-7-16-17(13-8-4-3-5-9-13)12-14-10-6-11-15(14)18(16)19/h3-6,8-9,11-12H,2,7,10H2,1H3. The van der Waals surface area contributed by atoms with Crippen molar-refractivity contribution in [1.29, 1.82) is 0 Å². The molecule has 0 N–H and O–H groups in total. The van der Waals surface area contributed by atoms with Crippen LogP contribution in [-0.4, -0.2) is 0 Å². The summed E-state index contributed by atoms with van der Waals surface area (Å²) in [4.78, 5) is 0. The van der Waals surface area contributed by atoms with Crippen molar-refractivity contribution in [1.82, 2.24) is 0 Å². The van der Waals surface area contributed by atoms with Gasteiger partial charge in [-0.25, -0.2) is 0 Å². The van der Waals surface area contributed by atoms with Gasteiger partial charge in [0.2, 0.25) is 0 Å². The summed E-state index contributed by atoms with van der Waals surface area (Å²) in [7, 11) is 0. The van der Waals surface area contributed by atoms with E-state index in [-0.39, 0.29) is 0 Å². The lowest BCUT2D eigenvalue weighted by Crippen LogP contribution is -1.96. The molecular weight excluding hydrogens is 296 g/mol.